The van der Waals surface area contributed by atoms with Crippen LogP contribution in [0.4, 0.5) is 5.69 Å². The van der Waals surface area contributed by atoms with Gasteiger partial charge in [0.25, 0.3) is 0 Å². The third kappa shape index (κ3) is 4.27. The van der Waals surface area contributed by atoms with E-state index in [9.17, 15) is 9.59 Å². The predicted octanol–water partition coefficient (Wildman–Crippen LogP) is 3.87. The zero-order valence-corrected chi connectivity index (χ0v) is 14.2. The Kier molecular flexibility index (Phi) is 5.34. The van der Waals surface area contributed by atoms with Gasteiger partial charge in [-0.25, -0.2) is 0 Å². The molecule has 0 radical (unpaired) electrons. The number of hydrogen-bond donors (Lipinski definition) is 2. The Morgan fingerprint density at radius 2 is 1.87 bits per heavy atom. The first-order chi connectivity index (χ1) is 10.8. The maximum atomic E-state index is 12.4. The Hall–Kier alpha value is -1.98. The molecule has 0 saturated carbocycles. The first-order valence-corrected chi connectivity index (χ1v) is 7.63. The number of carbonyl (C=O) groups excluding carboxylic acids is 2. The number of carbonyl (C=O) groups is 2. The highest BCUT2D eigenvalue weighted by Gasteiger charge is 2.36. The molecule has 0 fully saturated rings. The Bertz CT molecular complexity index is 712. The van der Waals surface area contributed by atoms with Crippen LogP contribution in [0.25, 0.3) is 0 Å². The molecule has 0 bridgehead atoms. The number of nitrogens with one attached hydrogen (secondary N) is 2. The maximum Gasteiger partial charge on any atom is 0.239 e. The van der Waals surface area contributed by atoms with Crippen LogP contribution in [0.1, 0.15) is 19.6 Å². The lowest BCUT2D eigenvalue weighted by atomic mass is 9.91. The van der Waals surface area contributed by atoms with Gasteiger partial charge in [0.2, 0.25) is 11.8 Å². The van der Waals surface area contributed by atoms with E-state index < -0.39 is 17.2 Å². The fourth-order valence-electron chi connectivity index (χ4n) is 1.77. The van der Waals surface area contributed by atoms with Gasteiger partial charge >= 0.3 is 0 Å². The maximum absolute atomic E-state index is 12.4. The molecule has 1 aromatic heterocycles. The van der Waals surface area contributed by atoms with Crippen molar-refractivity contribution in [2.24, 2.45) is 5.41 Å². The van der Waals surface area contributed by atoms with E-state index >= 15 is 0 Å². The van der Waals surface area contributed by atoms with Gasteiger partial charge in [-0.3, -0.25) is 9.59 Å². The molecule has 0 aliphatic carbocycles. The second-order valence-corrected chi connectivity index (χ2v) is 6.28. The second kappa shape index (κ2) is 7.06. The van der Waals surface area contributed by atoms with Gasteiger partial charge in [0.05, 0.1) is 22.9 Å². The fourth-order valence-corrected chi connectivity index (χ4v) is 2.06. The summed E-state index contributed by atoms with van der Waals surface area (Å²) in [7, 11) is 0. The highest BCUT2D eigenvalue weighted by molar-refractivity contribution is 6.42. The van der Waals surface area contributed by atoms with Gasteiger partial charge in [-0.2, -0.15) is 0 Å². The van der Waals surface area contributed by atoms with E-state index in [1.807, 2.05) is 0 Å². The molecule has 2 rings (SSSR count). The lowest BCUT2D eigenvalue weighted by Gasteiger charge is -2.22. The lowest BCUT2D eigenvalue weighted by Crippen LogP contribution is -2.44. The van der Waals surface area contributed by atoms with Crippen molar-refractivity contribution in [1.29, 1.82) is 0 Å². The van der Waals surface area contributed by atoms with Crippen LogP contribution in [0, 0.1) is 5.41 Å². The molecule has 0 unspecified atom stereocenters. The third-order valence-electron chi connectivity index (χ3n) is 3.32. The molecule has 0 atom stereocenters. The Labute approximate surface area is 144 Å². The molecular weight excluding hydrogens is 339 g/mol. The quantitative estimate of drug-likeness (QED) is 0.800. The normalized spacial score (nSPS) is 11.1. The minimum atomic E-state index is -1.27. The van der Waals surface area contributed by atoms with E-state index in [1.54, 1.807) is 24.3 Å². The zero-order chi connectivity index (χ0) is 17.0. The molecule has 0 saturated heterocycles. The predicted molar refractivity (Wildman–Crippen MR) is 89.4 cm³/mol. The van der Waals surface area contributed by atoms with E-state index in [4.69, 9.17) is 27.6 Å². The summed E-state index contributed by atoms with van der Waals surface area (Å²) in [6, 6.07) is 8.18. The van der Waals surface area contributed by atoms with Crippen molar-refractivity contribution in [3.63, 3.8) is 0 Å². The zero-order valence-electron chi connectivity index (χ0n) is 12.7. The van der Waals surface area contributed by atoms with Crippen molar-refractivity contribution in [2.45, 2.75) is 20.4 Å². The van der Waals surface area contributed by atoms with Crippen LogP contribution >= 0.6 is 23.2 Å². The molecule has 23 heavy (non-hydrogen) atoms. The van der Waals surface area contributed by atoms with Crippen LogP contribution in [0.15, 0.2) is 41.0 Å². The molecule has 0 aliphatic heterocycles. The molecule has 2 N–H and O–H groups in total. The molecule has 1 heterocycles. The Morgan fingerprint density at radius 1 is 1.13 bits per heavy atom. The van der Waals surface area contributed by atoms with Gasteiger partial charge in [0, 0.05) is 5.69 Å². The lowest BCUT2D eigenvalue weighted by molar-refractivity contribution is -0.138. The van der Waals surface area contributed by atoms with Gasteiger partial charge in [-0.15, -0.1) is 0 Å². The topological polar surface area (TPSA) is 71.3 Å². The largest absolute Gasteiger partial charge is 0.467 e. The van der Waals surface area contributed by atoms with Crippen molar-refractivity contribution in [3.8, 4) is 0 Å². The fraction of sp³-hybridized carbons (Fsp3) is 0.250. The highest BCUT2D eigenvalue weighted by Crippen LogP contribution is 2.26. The summed E-state index contributed by atoms with van der Waals surface area (Å²) in [4.78, 5) is 24.6. The van der Waals surface area contributed by atoms with Gasteiger partial charge < -0.3 is 15.1 Å². The van der Waals surface area contributed by atoms with E-state index in [2.05, 4.69) is 10.6 Å². The van der Waals surface area contributed by atoms with Crippen LogP contribution in [0.3, 0.4) is 0 Å². The van der Waals surface area contributed by atoms with Gasteiger partial charge in [-0.1, -0.05) is 23.2 Å². The van der Waals surface area contributed by atoms with Crippen LogP contribution in [-0.2, 0) is 16.1 Å². The Balaban J connectivity index is 2.00. The standard InChI is InChI=1S/C16H16Cl2N2O3/c1-16(2,14(21)19-9-11-4-3-7-23-11)15(22)20-10-5-6-12(17)13(18)8-10/h3-8H,9H2,1-2H3,(H,19,21)(H,20,22). The van der Waals surface area contributed by atoms with Crippen molar-refractivity contribution < 1.29 is 14.0 Å². The minimum Gasteiger partial charge on any atom is -0.467 e. The van der Waals surface area contributed by atoms with Crippen LogP contribution < -0.4 is 10.6 Å². The first-order valence-electron chi connectivity index (χ1n) is 6.88. The molecule has 2 aromatic rings. The summed E-state index contributed by atoms with van der Waals surface area (Å²) in [5, 5.41) is 6.04. The van der Waals surface area contributed by atoms with Crippen molar-refractivity contribution in [2.75, 3.05) is 5.32 Å². The molecule has 5 nitrogen and oxygen atoms in total. The van der Waals surface area contributed by atoms with Gasteiger partial charge in [0.15, 0.2) is 0 Å². The molecule has 0 aliphatic rings. The number of benzene rings is 1. The SMILES string of the molecule is CC(C)(C(=O)NCc1ccco1)C(=O)Nc1ccc(Cl)c(Cl)c1. The monoisotopic (exact) mass is 354 g/mol. The number of rotatable bonds is 5. The molecule has 1 aromatic carbocycles. The first kappa shape index (κ1) is 17.4. The molecule has 7 heteroatoms. The van der Waals surface area contributed by atoms with E-state index in [-0.39, 0.29) is 6.54 Å². The third-order valence-corrected chi connectivity index (χ3v) is 4.06. The molecular formula is C16H16Cl2N2O3. The summed E-state index contributed by atoms with van der Waals surface area (Å²) in [5.74, 6) is -0.252. The average Bonchev–Trinajstić information content (AvgIpc) is 3.01. The van der Waals surface area contributed by atoms with Crippen LogP contribution in [-0.4, -0.2) is 11.8 Å². The average molecular weight is 355 g/mol. The van der Waals surface area contributed by atoms with Crippen molar-refractivity contribution in [1.82, 2.24) is 5.32 Å². The van der Waals surface area contributed by atoms with E-state index in [0.717, 1.165) is 0 Å². The van der Waals surface area contributed by atoms with Crippen LogP contribution in [0.5, 0.6) is 0 Å². The number of furan rings is 1. The molecule has 0 spiro atoms. The van der Waals surface area contributed by atoms with Gasteiger partial charge in [-0.05, 0) is 44.2 Å². The number of amides is 2. The summed E-state index contributed by atoms with van der Waals surface area (Å²) in [5.41, 5.74) is -0.796. The number of halogens is 2. The van der Waals surface area contributed by atoms with Crippen molar-refractivity contribution in [3.05, 3.63) is 52.4 Å². The molecule has 2 amide bonds. The number of hydrogen-bond acceptors (Lipinski definition) is 3. The Morgan fingerprint density at radius 3 is 2.48 bits per heavy atom. The molecule has 122 valence electrons. The van der Waals surface area contributed by atoms with E-state index in [0.29, 0.717) is 21.5 Å². The summed E-state index contributed by atoms with van der Waals surface area (Å²) >= 11 is 11.7. The van der Waals surface area contributed by atoms with E-state index in [1.165, 1.54) is 26.2 Å². The summed E-state index contributed by atoms with van der Waals surface area (Å²) in [6.45, 7) is 3.30. The summed E-state index contributed by atoms with van der Waals surface area (Å²) < 4.78 is 5.13. The van der Waals surface area contributed by atoms with Crippen LogP contribution in [0.2, 0.25) is 10.0 Å². The summed E-state index contributed by atoms with van der Waals surface area (Å²) in [6.07, 6.45) is 1.52. The van der Waals surface area contributed by atoms with Crippen molar-refractivity contribution >= 4 is 40.7 Å². The smallest absolute Gasteiger partial charge is 0.239 e. The second-order valence-electron chi connectivity index (χ2n) is 5.47. The van der Waals surface area contributed by atoms with Gasteiger partial charge in [0.1, 0.15) is 11.2 Å². The highest BCUT2D eigenvalue weighted by atomic mass is 35.5. The minimum absolute atomic E-state index is 0.218. The number of anilines is 1.